The van der Waals surface area contributed by atoms with Gasteiger partial charge in [-0.3, -0.25) is 0 Å². The quantitative estimate of drug-likeness (QED) is 0.0771. The molecule has 0 saturated heterocycles. The lowest BCUT2D eigenvalue weighted by Crippen LogP contribution is -2.41. The molecule has 5 heteroatoms. The van der Waals surface area contributed by atoms with Gasteiger partial charge < -0.3 is 14.6 Å². The molecule has 192 valence electrons. The molecule has 0 aromatic carbocycles. The topological polar surface area (TPSA) is 72.8 Å². The van der Waals surface area contributed by atoms with Crippen LogP contribution < -0.4 is 0 Å². The standard InChI is InChI=1S/C28H50O5/c1-6-7-8-9-10-11-12-13-14-15-16-17-18-19-20-21-22-28(31,33-27(30)25(4)5)23-32-26(29)24(2)3/h31H,2,4,6-23H2,1,3,5H3. The van der Waals surface area contributed by atoms with Crippen molar-refractivity contribution in [3.63, 3.8) is 0 Å². The molecule has 0 fully saturated rings. The fraction of sp³-hybridized carbons (Fsp3) is 0.786. The van der Waals surface area contributed by atoms with Gasteiger partial charge in [-0.15, -0.1) is 0 Å². The van der Waals surface area contributed by atoms with Crippen molar-refractivity contribution in [3.8, 4) is 0 Å². The predicted molar refractivity (Wildman–Crippen MR) is 136 cm³/mol. The fourth-order valence-corrected chi connectivity index (χ4v) is 3.66. The molecule has 0 saturated carbocycles. The van der Waals surface area contributed by atoms with Gasteiger partial charge in [-0.2, -0.15) is 0 Å². The molecule has 0 aliphatic carbocycles. The number of aliphatic hydroxyl groups is 1. The predicted octanol–water partition coefficient (Wildman–Crippen LogP) is 7.57. The first kappa shape index (κ1) is 31.4. The Bertz CT molecular complexity index is 569. The van der Waals surface area contributed by atoms with Crippen LogP contribution in [0.2, 0.25) is 0 Å². The summed E-state index contributed by atoms with van der Waals surface area (Å²) in [5.41, 5.74) is 0.414. The summed E-state index contributed by atoms with van der Waals surface area (Å²) in [6, 6.07) is 0. The van der Waals surface area contributed by atoms with Crippen molar-refractivity contribution in [2.75, 3.05) is 6.61 Å². The van der Waals surface area contributed by atoms with E-state index in [2.05, 4.69) is 20.1 Å². The van der Waals surface area contributed by atoms with E-state index in [0.29, 0.717) is 6.42 Å². The van der Waals surface area contributed by atoms with Gasteiger partial charge in [-0.25, -0.2) is 9.59 Å². The van der Waals surface area contributed by atoms with Crippen molar-refractivity contribution in [2.24, 2.45) is 0 Å². The van der Waals surface area contributed by atoms with E-state index < -0.39 is 24.3 Å². The lowest BCUT2D eigenvalue weighted by molar-refractivity contribution is -0.227. The molecular formula is C28H50O5. The summed E-state index contributed by atoms with van der Waals surface area (Å²) in [5.74, 6) is -3.15. The number of carbonyl (C=O) groups excluding carboxylic acids is 2. The zero-order valence-electron chi connectivity index (χ0n) is 21.7. The number of unbranched alkanes of at least 4 members (excludes halogenated alkanes) is 15. The van der Waals surface area contributed by atoms with E-state index in [1.54, 1.807) is 0 Å². The molecule has 0 rings (SSSR count). The van der Waals surface area contributed by atoms with E-state index in [1.807, 2.05) is 0 Å². The largest absolute Gasteiger partial charge is 0.455 e. The Kier molecular flexibility index (Phi) is 18.8. The van der Waals surface area contributed by atoms with E-state index >= 15 is 0 Å². The number of carbonyl (C=O) groups is 2. The van der Waals surface area contributed by atoms with E-state index in [1.165, 1.54) is 97.3 Å². The third kappa shape index (κ3) is 18.5. The van der Waals surface area contributed by atoms with Crippen LogP contribution in [0.4, 0.5) is 0 Å². The summed E-state index contributed by atoms with van der Waals surface area (Å²) in [5, 5.41) is 10.7. The van der Waals surface area contributed by atoms with Gasteiger partial charge in [-0.1, -0.05) is 116 Å². The molecule has 5 nitrogen and oxygen atoms in total. The van der Waals surface area contributed by atoms with Crippen molar-refractivity contribution >= 4 is 11.9 Å². The van der Waals surface area contributed by atoms with Crippen LogP contribution in [0.3, 0.4) is 0 Å². The van der Waals surface area contributed by atoms with Gasteiger partial charge in [0.25, 0.3) is 0 Å². The molecule has 0 spiro atoms. The van der Waals surface area contributed by atoms with Crippen LogP contribution in [0.15, 0.2) is 24.3 Å². The Morgan fingerprint density at radius 1 is 0.667 bits per heavy atom. The second kappa shape index (κ2) is 19.8. The number of esters is 2. The molecule has 0 aliphatic heterocycles. The lowest BCUT2D eigenvalue weighted by Gasteiger charge is -2.27. The second-order valence-electron chi connectivity index (χ2n) is 9.53. The van der Waals surface area contributed by atoms with Crippen LogP contribution in [0, 0.1) is 0 Å². The summed E-state index contributed by atoms with van der Waals surface area (Å²) in [7, 11) is 0. The molecule has 1 atom stereocenters. The minimum atomic E-state index is -1.84. The molecule has 0 radical (unpaired) electrons. The van der Waals surface area contributed by atoms with Crippen LogP contribution in [-0.2, 0) is 19.1 Å². The van der Waals surface area contributed by atoms with Crippen molar-refractivity contribution in [3.05, 3.63) is 24.3 Å². The van der Waals surface area contributed by atoms with Crippen LogP contribution in [0.25, 0.3) is 0 Å². The van der Waals surface area contributed by atoms with Crippen molar-refractivity contribution < 1.29 is 24.2 Å². The second-order valence-corrected chi connectivity index (χ2v) is 9.53. The molecular weight excluding hydrogens is 416 g/mol. The summed E-state index contributed by atoms with van der Waals surface area (Å²) in [4.78, 5) is 23.5. The lowest BCUT2D eigenvalue weighted by atomic mass is 10.0. The smallest absolute Gasteiger partial charge is 0.335 e. The number of ether oxygens (including phenoxy) is 2. The van der Waals surface area contributed by atoms with Crippen LogP contribution in [-0.4, -0.2) is 29.4 Å². The van der Waals surface area contributed by atoms with E-state index in [-0.39, 0.29) is 17.6 Å². The van der Waals surface area contributed by atoms with Gasteiger partial charge >= 0.3 is 11.9 Å². The molecule has 0 aromatic rings. The Morgan fingerprint density at radius 2 is 1.03 bits per heavy atom. The van der Waals surface area contributed by atoms with Crippen molar-refractivity contribution in [2.45, 2.75) is 136 Å². The highest BCUT2D eigenvalue weighted by Gasteiger charge is 2.33. The number of hydrogen-bond acceptors (Lipinski definition) is 5. The first-order chi connectivity index (χ1) is 15.7. The summed E-state index contributed by atoms with van der Waals surface area (Å²) >= 11 is 0. The summed E-state index contributed by atoms with van der Waals surface area (Å²) in [6.07, 6.45) is 20.3. The average molecular weight is 467 g/mol. The van der Waals surface area contributed by atoms with E-state index in [4.69, 9.17) is 9.47 Å². The van der Waals surface area contributed by atoms with Gasteiger partial charge in [0.05, 0.1) is 0 Å². The summed E-state index contributed by atoms with van der Waals surface area (Å²) in [6.45, 7) is 11.9. The highest BCUT2D eigenvalue weighted by atomic mass is 16.7. The van der Waals surface area contributed by atoms with E-state index in [0.717, 1.165) is 12.8 Å². The maximum absolute atomic E-state index is 11.9. The monoisotopic (exact) mass is 466 g/mol. The highest BCUT2D eigenvalue weighted by Crippen LogP contribution is 2.21. The van der Waals surface area contributed by atoms with Gasteiger partial charge in [0.15, 0.2) is 6.61 Å². The SMILES string of the molecule is C=C(C)C(=O)OCC(O)(CCCCCCCCCCCCCCCCCC)OC(=O)C(=C)C. The first-order valence-corrected chi connectivity index (χ1v) is 13.2. The molecule has 1 unspecified atom stereocenters. The molecule has 33 heavy (non-hydrogen) atoms. The normalized spacial score (nSPS) is 12.7. The third-order valence-electron chi connectivity index (χ3n) is 5.83. The minimum Gasteiger partial charge on any atom is -0.455 e. The highest BCUT2D eigenvalue weighted by molar-refractivity contribution is 5.87. The maximum atomic E-state index is 11.9. The molecule has 0 amide bonds. The van der Waals surface area contributed by atoms with Crippen LogP contribution in [0.1, 0.15) is 130 Å². The minimum absolute atomic E-state index is 0.187. The van der Waals surface area contributed by atoms with E-state index in [9.17, 15) is 14.7 Å². The third-order valence-corrected chi connectivity index (χ3v) is 5.83. The Hall–Kier alpha value is -1.62. The first-order valence-electron chi connectivity index (χ1n) is 13.2. The van der Waals surface area contributed by atoms with Gasteiger partial charge in [0.1, 0.15) is 0 Å². The molecule has 0 heterocycles. The molecule has 0 bridgehead atoms. The van der Waals surface area contributed by atoms with Crippen molar-refractivity contribution in [1.82, 2.24) is 0 Å². The zero-order valence-corrected chi connectivity index (χ0v) is 21.7. The Labute approximate surface area is 203 Å². The Balaban J connectivity index is 3.88. The Morgan fingerprint density at radius 3 is 1.39 bits per heavy atom. The zero-order chi connectivity index (χ0) is 25.0. The van der Waals surface area contributed by atoms with Gasteiger partial charge in [-0.05, 0) is 20.3 Å². The maximum Gasteiger partial charge on any atom is 0.335 e. The van der Waals surface area contributed by atoms with Gasteiger partial charge in [0.2, 0.25) is 5.79 Å². The molecule has 0 aromatic heterocycles. The van der Waals surface area contributed by atoms with Crippen molar-refractivity contribution in [1.29, 1.82) is 0 Å². The average Bonchev–Trinajstić information content (AvgIpc) is 2.77. The fourth-order valence-electron chi connectivity index (χ4n) is 3.66. The van der Waals surface area contributed by atoms with Gasteiger partial charge in [0, 0.05) is 17.6 Å². The van der Waals surface area contributed by atoms with Crippen LogP contribution in [0.5, 0.6) is 0 Å². The number of rotatable bonds is 22. The molecule has 1 N–H and O–H groups in total. The molecule has 0 aliphatic rings. The summed E-state index contributed by atoms with van der Waals surface area (Å²) < 4.78 is 10.2. The number of hydrogen-bond donors (Lipinski definition) is 1. The van der Waals surface area contributed by atoms with Crippen LogP contribution >= 0.6 is 0 Å².